The fraction of sp³-hybridized carbons (Fsp3) is 0.895. The van der Waals surface area contributed by atoms with Crippen LogP contribution in [0, 0.1) is 10.8 Å². The molecule has 2 unspecified atom stereocenters. The molecule has 0 rings (SSSR count). The van der Waals surface area contributed by atoms with Crippen molar-refractivity contribution in [3.63, 3.8) is 0 Å². The molecule has 160 valence electrons. The van der Waals surface area contributed by atoms with E-state index in [2.05, 4.69) is 9.47 Å². The average molecular weight is 425 g/mol. The van der Waals surface area contributed by atoms with Crippen LogP contribution < -0.4 is 0 Å². The van der Waals surface area contributed by atoms with Crippen LogP contribution in [0.2, 0.25) is 0 Å². The van der Waals surface area contributed by atoms with Crippen LogP contribution >= 0.6 is 0 Å². The van der Waals surface area contributed by atoms with Gasteiger partial charge in [-0.05, 0) is 30.1 Å². The monoisotopic (exact) mass is 424 g/mol. The average Bonchev–Trinajstić information content (AvgIpc) is 2.57. The van der Waals surface area contributed by atoms with Gasteiger partial charge in [0.1, 0.15) is 0 Å². The Kier molecular flexibility index (Phi) is 12.3. The molecule has 0 bridgehead atoms. The highest BCUT2D eigenvalue weighted by Crippen LogP contribution is 2.26. The first kappa shape index (κ1) is 26.2. The lowest BCUT2D eigenvalue weighted by Crippen LogP contribution is -2.22. The first-order valence-electron chi connectivity index (χ1n) is 9.24. The molecule has 0 amide bonds. The summed E-state index contributed by atoms with van der Waals surface area (Å²) in [5, 5.41) is 0. The summed E-state index contributed by atoms with van der Waals surface area (Å²) < 4.78 is 33.7. The molecule has 0 radical (unpaired) electrons. The molecule has 0 saturated heterocycles. The van der Waals surface area contributed by atoms with E-state index in [1.165, 1.54) is 14.2 Å². The Morgan fingerprint density at radius 3 is 1.33 bits per heavy atom. The van der Waals surface area contributed by atoms with Crippen molar-refractivity contribution in [1.82, 2.24) is 0 Å². The summed E-state index contributed by atoms with van der Waals surface area (Å²) in [6, 6.07) is 0. The molecule has 0 heterocycles. The quantitative estimate of drug-likeness (QED) is 0.399. The van der Waals surface area contributed by atoms with Crippen LogP contribution in [-0.4, -0.2) is 57.6 Å². The highest BCUT2D eigenvalue weighted by atomic mass is 32.2. The van der Waals surface area contributed by atoms with Gasteiger partial charge in [0.05, 0.1) is 27.1 Å². The third-order valence-electron chi connectivity index (χ3n) is 4.46. The van der Waals surface area contributed by atoms with Crippen molar-refractivity contribution in [2.45, 2.75) is 59.8 Å². The van der Waals surface area contributed by atoms with E-state index < -0.39 is 21.6 Å². The zero-order valence-corrected chi connectivity index (χ0v) is 19.3. The summed E-state index contributed by atoms with van der Waals surface area (Å²) in [6.45, 7) is 7.86. The number of esters is 2. The molecule has 0 saturated carbocycles. The fourth-order valence-electron chi connectivity index (χ4n) is 2.47. The van der Waals surface area contributed by atoms with Gasteiger partial charge < -0.3 is 9.47 Å². The second-order valence-electron chi connectivity index (χ2n) is 8.38. The Morgan fingerprint density at radius 1 is 0.704 bits per heavy atom. The second-order valence-corrected chi connectivity index (χ2v) is 11.8. The van der Waals surface area contributed by atoms with Crippen molar-refractivity contribution in [2.24, 2.45) is 10.8 Å². The maximum atomic E-state index is 12.1. The highest BCUT2D eigenvalue weighted by Gasteiger charge is 2.24. The third-order valence-corrected chi connectivity index (χ3v) is 7.27. The van der Waals surface area contributed by atoms with Gasteiger partial charge in [-0.25, -0.2) is 0 Å². The number of methoxy groups -OCH3 is 2. The lowest BCUT2D eigenvalue weighted by molar-refractivity contribution is -0.143. The Bertz CT molecular complexity index is 482. The van der Waals surface area contributed by atoms with E-state index in [0.29, 0.717) is 55.1 Å². The minimum Gasteiger partial charge on any atom is -0.469 e. The van der Waals surface area contributed by atoms with Crippen molar-refractivity contribution >= 4 is 33.5 Å². The van der Waals surface area contributed by atoms with E-state index in [9.17, 15) is 18.0 Å². The largest absolute Gasteiger partial charge is 0.469 e. The molecule has 0 spiro atoms. The molecule has 0 aliphatic heterocycles. The first-order valence-corrected chi connectivity index (χ1v) is 12.2. The molecule has 27 heavy (non-hydrogen) atoms. The summed E-state index contributed by atoms with van der Waals surface area (Å²) in [4.78, 5) is 22.7. The molecule has 2 atom stereocenters. The molecular weight excluding hydrogens is 388 g/mol. The zero-order valence-electron chi connectivity index (χ0n) is 17.6. The zero-order chi connectivity index (χ0) is 21.1. The van der Waals surface area contributed by atoms with Crippen molar-refractivity contribution in [1.29, 1.82) is 0 Å². The van der Waals surface area contributed by atoms with Gasteiger partial charge in [0.15, 0.2) is 0 Å². The van der Waals surface area contributed by atoms with Gasteiger partial charge >= 0.3 is 11.9 Å². The van der Waals surface area contributed by atoms with Crippen LogP contribution in [0.3, 0.4) is 0 Å². The van der Waals surface area contributed by atoms with Crippen molar-refractivity contribution in [2.75, 3.05) is 37.2 Å². The summed E-state index contributed by atoms with van der Waals surface area (Å²) >= 11 is 0. The minimum atomic E-state index is -0.978. The van der Waals surface area contributed by atoms with E-state index in [-0.39, 0.29) is 22.8 Å². The Hall–Kier alpha value is -0.760. The number of hydrogen-bond acceptors (Lipinski definition) is 6. The standard InChI is InChI=1S/C19H36O6S2/c1-18(2,14-16(20)24-5)8-12-26(22)10-7-11-27(23)13-9-19(3,4)15-17(21)25-6/h7-15H2,1-6H3. The molecular formula is C19H36O6S2. The number of rotatable bonds is 14. The van der Waals surface area contributed by atoms with Gasteiger partial charge in [-0.3, -0.25) is 18.0 Å². The number of carbonyl (C=O) groups excluding carboxylic acids is 2. The van der Waals surface area contributed by atoms with E-state index in [1.54, 1.807) is 0 Å². The first-order chi connectivity index (χ1) is 12.4. The SMILES string of the molecule is COC(=O)CC(C)(C)CCS(=O)CCCS(=O)CCC(C)(C)CC(=O)OC. The summed E-state index contributed by atoms with van der Waals surface area (Å²) in [7, 11) is 0.782. The third kappa shape index (κ3) is 14.0. The van der Waals surface area contributed by atoms with Crippen LogP contribution in [0.15, 0.2) is 0 Å². The van der Waals surface area contributed by atoms with E-state index >= 15 is 0 Å². The molecule has 0 aromatic heterocycles. The predicted octanol–water partition coefficient (Wildman–Crippen LogP) is 2.83. The van der Waals surface area contributed by atoms with E-state index in [4.69, 9.17) is 0 Å². The lowest BCUT2D eigenvalue weighted by atomic mass is 9.86. The van der Waals surface area contributed by atoms with Crippen LogP contribution in [0.1, 0.15) is 59.8 Å². The lowest BCUT2D eigenvalue weighted by Gasteiger charge is -2.23. The summed E-state index contributed by atoms with van der Waals surface area (Å²) in [5.74, 6) is 1.59. The minimum absolute atomic E-state index is 0.239. The van der Waals surface area contributed by atoms with Gasteiger partial charge in [-0.1, -0.05) is 27.7 Å². The Balaban J connectivity index is 4.05. The number of ether oxygens (including phenoxy) is 2. The smallest absolute Gasteiger partial charge is 0.306 e. The molecule has 0 N–H and O–H groups in total. The van der Waals surface area contributed by atoms with Gasteiger partial charge in [0.25, 0.3) is 0 Å². The number of carbonyl (C=O) groups is 2. The van der Waals surface area contributed by atoms with Gasteiger partial charge in [-0.15, -0.1) is 0 Å². The van der Waals surface area contributed by atoms with E-state index in [1.807, 2.05) is 27.7 Å². The number of hydrogen-bond donors (Lipinski definition) is 0. The second kappa shape index (κ2) is 12.6. The van der Waals surface area contributed by atoms with Crippen LogP contribution in [0.4, 0.5) is 0 Å². The molecule has 0 aliphatic rings. The van der Waals surface area contributed by atoms with Crippen molar-refractivity contribution < 1.29 is 27.5 Å². The fourth-order valence-corrected chi connectivity index (χ4v) is 5.55. The topological polar surface area (TPSA) is 86.7 Å². The van der Waals surface area contributed by atoms with E-state index in [0.717, 1.165) is 0 Å². The summed E-state index contributed by atoms with van der Waals surface area (Å²) in [6.07, 6.45) is 2.63. The molecule has 8 heteroatoms. The predicted molar refractivity (Wildman–Crippen MR) is 110 cm³/mol. The Labute approximate surface area is 169 Å². The maximum absolute atomic E-state index is 12.1. The molecule has 6 nitrogen and oxygen atoms in total. The van der Waals surface area contributed by atoms with Crippen molar-refractivity contribution in [3.8, 4) is 0 Å². The molecule has 0 aromatic rings. The molecule has 0 aromatic carbocycles. The van der Waals surface area contributed by atoms with Gasteiger partial charge in [-0.2, -0.15) is 0 Å². The molecule has 0 aliphatic carbocycles. The Morgan fingerprint density at radius 2 is 1.04 bits per heavy atom. The van der Waals surface area contributed by atoms with Crippen LogP contribution in [-0.2, 0) is 40.7 Å². The highest BCUT2D eigenvalue weighted by molar-refractivity contribution is 7.85. The van der Waals surface area contributed by atoms with Gasteiger partial charge in [0, 0.05) is 44.6 Å². The normalized spacial score (nSPS) is 14.4. The van der Waals surface area contributed by atoms with Crippen molar-refractivity contribution in [3.05, 3.63) is 0 Å². The molecule has 0 fully saturated rings. The van der Waals surface area contributed by atoms with Crippen LogP contribution in [0.5, 0.6) is 0 Å². The van der Waals surface area contributed by atoms with Crippen LogP contribution in [0.25, 0.3) is 0 Å². The van der Waals surface area contributed by atoms with Gasteiger partial charge in [0.2, 0.25) is 0 Å². The maximum Gasteiger partial charge on any atom is 0.306 e. The summed E-state index contributed by atoms with van der Waals surface area (Å²) in [5.41, 5.74) is -0.479.